The zero-order valence-corrected chi connectivity index (χ0v) is 12.8. The smallest absolute Gasteiger partial charge is 0.416 e. The number of ether oxygens (including phenoxy) is 2. The van der Waals surface area contributed by atoms with E-state index in [0.29, 0.717) is 35.8 Å². The molecule has 0 aliphatic carbocycles. The molecule has 2 aromatic carbocycles. The van der Waals surface area contributed by atoms with E-state index in [4.69, 9.17) is 9.47 Å². The first-order chi connectivity index (χ1) is 11.4. The van der Waals surface area contributed by atoms with Gasteiger partial charge in [-0.2, -0.15) is 13.2 Å². The van der Waals surface area contributed by atoms with Crippen molar-refractivity contribution in [3.05, 3.63) is 53.6 Å². The fourth-order valence-electron chi connectivity index (χ4n) is 2.56. The molecule has 0 saturated carbocycles. The number of fused-ring (bicyclic) bond motifs is 1. The molecule has 0 fully saturated rings. The molecule has 7 heteroatoms. The first kappa shape index (κ1) is 16.2. The van der Waals surface area contributed by atoms with Crippen LogP contribution in [-0.2, 0) is 10.9 Å². The quantitative estimate of drug-likeness (QED) is 0.776. The Kier molecular flexibility index (Phi) is 4.09. The molecular formula is C17H14F3NO3. The van der Waals surface area contributed by atoms with Crippen LogP contribution in [0.2, 0.25) is 0 Å². The van der Waals surface area contributed by atoms with Gasteiger partial charge in [-0.3, -0.25) is 0 Å². The van der Waals surface area contributed by atoms with Crippen LogP contribution in [0.3, 0.4) is 0 Å². The molecule has 0 amide bonds. The van der Waals surface area contributed by atoms with Gasteiger partial charge in [0.25, 0.3) is 0 Å². The lowest BCUT2D eigenvalue weighted by molar-refractivity contribution is -0.137. The molecule has 3 rings (SSSR count). The number of halogens is 3. The molecule has 0 unspecified atom stereocenters. The minimum absolute atomic E-state index is 0.346. The van der Waals surface area contributed by atoms with Gasteiger partial charge >= 0.3 is 12.1 Å². The van der Waals surface area contributed by atoms with Crippen molar-refractivity contribution in [2.24, 2.45) is 0 Å². The lowest BCUT2D eigenvalue weighted by Crippen LogP contribution is -2.28. The van der Waals surface area contributed by atoms with Crippen molar-refractivity contribution >= 4 is 17.3 Å². The Morgan fingerprint density at radius 3 is 2.50 bits per heavy atom. The van der Waals surface area contributed by atoms with E-state index in [-0.39, 0.29) is 0 Å². The second kappa shape index (κ2) is 6.07. The molecule has 1 aliphatic rings. The number of nitrogens with zero attached hydrogens (tertiary/aromatic N) is 1. The average Bonchev–Trinajstić information content (AvgIpc) is 2.59. The average molecular weight is 337 g/mol. The molecular weight excluding hydrogens is 323 g/mol. The van der Waals surface area contributed by atoms with Crippen molar-refractivity contribution in [1.82, 2.24) is 0 Å². The minimum Gasteiger partial charge on any atom is -0.490 e. The molecule has 1 heterocycles. The van der Waals surface area contributed by atoms with Gasteiger partial charge in [0.05, 0.1) is 30.5 Å². The normalized spacial score (nSPS) is 13.9. The Hall–Kier alpha value is -2.70. The summed E-state index contributed by atoms with van der Waals surface area (Å²) < 4.78 is 48.3. The van der Waals surface area contributed by atoms with Crippen LogP contribution in [0, 0.1) is 0 Å². The van der Waals surface area contributed by atoms with Crippen molar-refractivity contribution in [3.8, 4) is 5.75 Å². The summed E-state index contributed by atoms with van der Waals surface area (Å²) in [5, 5.41) is 0. The van der Waals surface area contributed by atoms with Crippen LogP contribution >= 0.6 is 0 Å². The summed E-state index contributed by atoms with van der Waals surface area (Å²) in [6, 6.07) is 9.73. The molecule has 126 valence electrons. The van der Waals surface area contributed by atoms with Gasteiger partial charge in [0.2, 0.25) is 0 Å². The fourth-order valence-corrected chi connectivity index (χ4v) is 2.56. The van der Waals surface area contributed by atoms with Crippen LogP contribution in [0.4, 0.5) is 24.5 Å². The second-order valence-corrected chi connectivity index (χ2v) is 5.22. The third-order valence-electron chi connectivity index (χ3n) is 3.75. The Bertz CT molecular complexity index is 757. The number of benzene rings is 2. The molecule has 0 spiro atoms. The Labute approximate surface area is 136 Å². The van der Waals surface area contributed by atoms with E-state index in [0.717, 1.165) is 12.1 Å². The summed E-state index contributed by atoms with van der Waals surface area (Å²) in [7, 11) is 1.28. The molecule has 0 radical (unpaired) electrons. The Balaban J connectivity index is 1.98. The van der Waals surface area contributed by atoms with Gasteiger partial charge in [-0.15, -0.1) is 0 Å². The van der Waals surface area contributed by atoms with Gasteiger partial charge in [-0.1, -0.05) is 0 Å². The standard InChI is InChI=1S/C17H14F3NO3/c1-23-16(22)11-2-7-15-14(10-11)21(8-9-24-15)13-5-3-12(4-6-13)17(18,19)20/h2-7,10H,8-9H2,1H3. The monoisotopic (exact) mass is 337 g/mol. The van der Waals surface area contributed by atoms with E-state index in [2.05, 4.69) is 0 Å². The van der Waals surface area contributed by atoms with E-state index in [9.17, 15) is 18.0 Å². The van der Waals surface area contributed by atoms with E-state index < -0.39 is 17.7 Å². The summed E-state index contributed by atoms with van der Waals surface area (Å²) in [4.78, 5) is 13.5. The number of anilines is 2. The largest absolute Gasteiger partial charge is 0.490 e. The summed E-state index contributed by atoms with van der Waals surface area (Å²) in [6.07, 6.45) is -4.38. The van der Waals surface area contributed by atoms with Gasteiger partial charge in [-0.25, -0.2) is 4.79 Å². The van der Waals surface area contributed by atoms with Crippen LogP contribution in [0.5, 0.6) is 5.75 Å². The van der Waals surface area contributed by atoms with Crippen LogP contribution in [0.15, 0.2) is 42.5 Å². The van der Waals surface area contributed by atoms with Gasteiger partial charge in [0.15, 0.2) is 0 Å². The molecule has 0 aromatic heterocycles. The maximum Gasteiger partial charge on any atom is 0.416 e. The molecule has 0 N–H and O–H groups in total. The maximum absolute atomic E-state index is 12.7. The Morgan fingerprint density at radius 1 is 1.17 bits per heavy atom. The predicted octanol–water partition coefficient (Wildman–Crippen LogP) is 4.02. The van der Waals surface area contributed by atoms with Crippen molar-refractivity contribution in [1.29, 1.82) is 0 Å². The highest BCUT2D eigenvalue weighted by Gasteiger charge is 2.30. The molecule has 0 saturated heterocycles. The lowest BCUT2D eigenvalue weighted by atomic mass is 10.1. The number of methoxy groups -OCH3 is 1. The zero-order chi connectivity index (χ0) is 17.3. The molecule has 24 heavy (non-hydrogen) atoms. The number of alkyl halides is 3. The third kappa shape index (κ3) is 3.02. The first-order valence-corrected chi connectivity index (χ1v) is 7.20. The van der Waals surface area contributed by atoms with Crippen molar-refractivity contribution in [2.75, 3.05) is 25.2 Å². The highest BCUT2D eigenvalue weighted by atomic mass is 19.4. The summed E-state index contributed by atoms with van der Waals surface area (Å²) in [5.41, 5.74) is 0.847. The summed E-state index contributed by atoms with van der Waals surface area (Å²) in [6.45, 7) is 0.856. The predicted molar refractivity (Wildman–Crippen MR) is 81.7 cm³/mol. The molecule has 4 nitrogen and oxygen atoms in total. The molecule has 2 aromatic rings. The number of rotatable bonds is 2. The van der Waals surface area contributed by atoms with Crippen LogP contribution in [0.25, 0.3) is 0 Å². The highest BCUT2D eigenvalue weighted by molar-refractivity contribution is 5.91. The summed E-state index contributed by atoms with van der Waals surface area (Å²) in [5.74, 6) is 0.0737. The topological polar surface area (TPSA) is 38.8 Å². The van der Waals surface area contributed by atoms with Gasteiger partial charge in [0.1, 0.15) is 12.4 Å². The van der Waals surface area contributed by atoms with Gasteiger partial charge in [-0.05, 0) is 42.5 Å². The van der Waals surface area contributed by atoms with Crippen LogP contribution < -0.4 is 9.64 Å². The molecule has 0 bridgehead atoms. The zero-order valence-electron chi connectivity index (χ0n) is 12.8. The first-order valence-electron chi connectivity index (χ1n) is 7.20. The fraction of sp³-hybridized carbons (Fsp3) is 0.235. The van der Waals surface area contributed by atoms with E-state index >= 15 is 0 Å². The van der Waals surface area contributed by atoms with E-state index in [1.807, 2.05) is 4.90 Å². The van der Waals surface area contributed by atoms with Crippen LogP contribution in [-0.4, -0.2) is 26.2 Å². The van der Waals surface area contributed by atoms with Crippen LogP contribution in [0.1, 0.15) is 15.9 Å². The molecule has 0 atom stereocenters. The summed E-state index contributed by atoms with van der Waals surface area (Å²) >= 11 is 0. The number of carbonyl (C=O) groups excluding carboxylic acids is 1. The number of hydrogen-bond donors (Lipinski definition) is 0. The number of esters is 1. The van der Waals surface area contributed by atoms with Crippen molar-refractivity contribution in [3.63, 3.8) is 0 Å². The van der Waals surface area contributed by atoms with Crippen molar-refractivity contribution in [2.45, 2.75) is 6.18 Å². The minimum atomic E-state index is -4.38. The SMILES string of the molecule is COC(=O)c1ccc2c(c1)N(c1ccc(C(F)(F)F)cc1)CCO2. The Morgan fingerprint density at radius 2 is 1.88 bits per heavy atom. The van der Waals surface area contributed by atoms with Gasteiger partial charge < -0.3 is 14.4 Å². The van der Waals surface area contributed by atoms with E-state index in [1.165, 1.54) is 19.2 Å². The molecule has 1 aliphatic heterocycles. The number of hydrogen-bond acceptors (Lipinski definition) is 4. The van der Waals surface area contributed by atoms with Crippen molar-refractivity contribution < 1.29 is 27.4 Å². The lowest BCUT2D eigenvalue weighted by Gasteiger charge is -2.31. The number of carbonyl (C=O) groups is 1. The second-order valence-electron chi connectivity index (χ2n) is 5.22. The van der Waals surface area contributed by atoms with E-state index in [1.54, 1.807) is 18.2 Å². The maximum atomic E-state index is 12.7. The third-order valence-corrected chi connectivity index (χ3v) is 3.75. The highest BCUT2D eigenvalue weighted by Crippen LogP contribution is 2.38. The van der Waals surface area contributed by atoms with Gasteiger partial charge in [0, 0.05) is 5.69 Å².